The van der Waals surface area contributed by atoms with Crippen LogP contribution in [0.4, 0.5) is 23.0 Å². The molecule has 2 amide bonds. The van der Waals surface area contributed by atoms with Gasteiger partial charge in [0.25, 0.3) is 0 Å². The number of anilines is 4. The van der Waals surface area contributed by atoms with Gasteiger partial charge in [-0.25, -0.2) is 9.97 Å². The molecule has 1 aliphatic heterocycles. The molecule has 0 aliphatic carbocycles. The summed E-state index contributed by atoms with van der Waals surface area (Å²) in [6.07, 6.45) is 2.04. The van der Waals surface area contributed by atoms with Gasteiger partial charge in [-0.2, -0.15) is 0 Å². The lowest BCUT2D eigenvalue weighted by atomic mass is 10.1. The zero-order valence-corrected chi connectivity index (χ0v) is 20.0. The van der Waals surface area contributed by atoms with E-state index < -0.39 is 0 Å². The molecule has 0 spiro atoms. The standard InChI is InChI=1S/C26H30N6O3/c1-31(2)25(34)12-11-24(33)28-20-5-3-19(4-6-20)23-13-14-27-26(30-23)29-21-7-9-22(10-8-21)32-15-17-35-18-16-32/h3-10,13-14H,11-12,15-18H2,1-2H3,(H,28,33)(H,27,29,30). The van der Waals surface area contributed by atoms with Gasteiger partial charge in [0.05, 0.1) is 18.9 Å². The first kappa shape index (κ1) is 24.2. The topological polar surface area (TPSA) is 99.7 Å². The number of rotatable bonds is 8. The first-order valence-electron chi connectivity index (χ1n) is 11.6. The summed E-state index contributed by atoms with van der Waals surface area (Å²) < 4.78 is 5.42. The number of carbonyl (C=O) groups is 2. The van der Waals surface area contributed by atoms with Crippen molar-refractivity contribution in [3.63, 3.8) is 0 Å². The fourth-order valence-electron chi connectivity index (χ4n) is 3.68. The van der Waals surface area contributed by atoms with E-state index in [-0.39, 0.29) is 24.7 Å². The number of hydrogen-bond donors (Lipinski definition) is 2. The zero-order chi connectivity index (χ0) is 24.6. The molecule has 0 saturated carbocycles. The van der Waals surface area contributed by atoms with Crippen molar-refractivity contribution in [2.45, 2.75) is 12.8 Å². The van der Waals surface area contributed by atoms with Gasteiger partial charge in [0, 0.05) is 68.8 Å². The van der Waals surface area contributed by atoms with Gasteiger partial charge in [0.15, 0.2) is 0 Å². The molecule has 2 N–H and O–H groups in total. The highest BCUT2D eigenvalue weighted by atomic mass is 16.5. The smallest absolute Gasteiger partial charge is 0.227 e. The van der Waals surface area contributed by atoms with E-state index in [0.29, 0.717) is 11.6 Å². The summed E-state index contributed by atoms with van der Waals surface area (Å²) >= 11 is 0. The predicted molar refractivity (Wildman–Crippen MR) is 137 cm³/mol. The maximum atomic E-state index is 12.1. The molecule has 9 nitrogen and oxygen atoms in total. The van der Waals surface area contributed by atoms with E-state index >= 15 is 0 Å². The Kier molecular flexibility index (Phi) is 7.89. The number of hydrogen-bond acceptors (Lipinski definition) is 7. The van der Waals surface area contributed by atoms with Crippen molar-refractivity contribution < 1.29 is 14.3 Å². The predicted octanol–water partition coefficient (Wildman–Crippen LogP) is 3.53. The molecule has 4 rings (SSSR count). The van der Waals surface area contributed by atoms with Gasteiger partial charge in [0.2, 0.25) is 17.8 Å². The van der Waals surface area contributed by atoms with Crippen LogP contribution >= 0.6 is 0 Å². The molecule has 9 heteroatoms. The minimum Gasteiger partial charge on any atom is -0.378 e. The minimum absolute atomic E-state index is 0.0725. The van der Waals surface area contributed by atoms with Gasteiger partial charge in [-0.1, -0.05) is 12.1 Å². The molecule has 0 radical (unpaired) electrons. The van der Waals surface area contributed by atoms with Crippen LogP contribution < -0.4 is 15.5 Å². The van der Waals surface area contributed by atoms with Crippen molar-refractivity contribution in [3.05, 3.63) is 60.8 Å². The van der Waals surface area contributed by atoms with Crippen molar-refractivity contribution >= 4 is 34.8 Å². The van der Waals surface area contributed by atoms with Crippen molar-refractivity contribution in [2.24, 2.45) is 0 Å². The number of carbonyl (C=O) groups excluding carboxylic acids is 2. The quantitative estimate of drug-likeness (QED) is 0.515. The van der Waals surface area contributed by atoms with Crippen LogP contribution in [0.1, 0.15) is 12.8 Å². The molecule has 1 fully saturated rings. The molecular formula is C26H30N6O3. The largest absolute Gasteiger partial charge is 0.378 e. The molecule has 1 aromatic heterocycles. The number of amides is 2. The van der Waals surface area contributed by atoms with Crippen LogP contribution in [0.3, 0.4) is 0 Å². The normalized spacial score (nSPS) is 13.3. The molecule has 2 aromatic carbocycles. The third-order valence-electron chi connectivity index (χ3n) is 5.68. The van der Waals surface area contributed by atoms with E-state index in [4.69, 9.17) is 4.74 Å². The maximum Gasteiger partial charge on any atom is 0.227 e. The first-order valence-corrected chi connectivity index (χ1v) is 11.6. The average molecular weight is 475 g/mol. The number of ether oxygens (including phenoxy) is 1. The summed E-state index contributed by atoms with van der Waals surface area (Å²) in [5.74, 6) is 0.238. The molecule has 0 bridgehead atoms. The summed E-state index contributed by atoms with van der Waals surface area (Å²) in [4.78, 5) is 36.5. The highest BCUT2D eigenvalue weighted by Gasteiger charge is 2.12. The fraction of sp³-hybridized carbons (Fsp3) is 0.308. The van der Waals surface area contributed by atoms with Crippen LogP contribution in [0.15, 0.2) is 60.8 Å². The van der Waals surface area contributed by atoms with E-state index in [1.54, 1.807) is 20.3 Å². The Labute approximate surface area is 205 Å². The summed E-state index contributed by atoms with van der Waals surface area (Å²) in [5.41, 5.74) is 4.42. The second-order valence-electron chi connectivity index (χ2n) is 8.45. The number of nitrogens with zero attached hydrogens (tertiary/aromatic N) is 4. The summed E-state index contributed by atoms with van der Waals surface area (Å²) in [5, 5.41) is 6.08. The highest BCUT2D eigenvalue weighted by molar-refractivity contribution is 5.93. The van der Waals surface area contributed by atoms with Gasteiger partial charge in [-0.3, -0.25) is 9.59 Å². The van der Waals surface area contributed by atoms with Crippen molar-refractivity contribution in [3.8, 4) is 11.3 Å². The number of aromatic nitrogens is 2. The second-order valence-corrected chi connectivity index (χ2v) is 8.45. The number of morpholine rings is 1. The van der Waals surface area contributed by atoms with E-state index in [0.717, 1.165) is 43.2 Å². The number of nitrogens with one attached hydrogen (secondary N) is 2. The minimum atomic E-state index is -0.193. The zero-order valence-electron chi connectivity index (χ0n) is 20.0. The van der Waals surface area contributed by atoms with Crippen LogP contribution in [-0.4, -0.2) is 67.1 Å². The van der Waals surface area contributed by atoms with Crippen molar-refractivity contribution in [1.29, 1.82) is 0 Å². The van der Waals surface area contributed by atoms with Gasteiger partial charge < -0.3 is 25.2 Å². The van der Waals surface area contributed by atoms with Crippen LogP contribution in [0.5, 0.6) is 0 Å². The molecule has 182 valence electrons. The van der Waals surface area contributed by atoms with Gasteiger partial charge in [0.1, 0.15) is 0 Å². The van der Waals surface area contributed by atoms with Crippen molar-refractivity contribution in [2.75, 3.05) is 55.9 Å². The molecule has 3 aromatic rings. The number of benzene rings is 2. The van der Waals surface area contributed by atoms with Gasteiger partial charge in [-0.15, -0.1) is 0 Å². The van der Waals surface area contributed by atoms with Crippen LogP contribution in [0, 0.1) is 0 Å². The van der Waals surface area contributed by atoms with E-state index in [9.17, 15) is 9.59 Å². The first-order chi connectivity index (χ1) is 17.0. The Morgan fingerprint density at radius 1 is 0.943 bits per heavy atom. The summed E-state index contributed by atoms with van der Waals surface area (Å²) in [6, 6.07) is 17.5. The SMILES string of the molecule is CN(C)C(=O)CCC(=O)Nc1ccc(-c2ccnc(Nc3ccc(N4CCOCC4)cc3)n2)cc1. The summed E-state index contributed by atoms with van der Waals surface area (Å²) in [6.45, 7) is 3.31. The third-order valence-corrected chi connectivity index (χ3v) is 5.68. The molecule has 0 atom stereocenters. The third kappa shape index (κ3) is 6.77. The van der Waals surface area contributed by atoms with Gasteiger partial charge in [-0.05, 0) is 42.5 Å². The molecule has 35 heavy (non-hydrogen) atoms. The monoisotopic (exact) mass is 474 g/mol. The Hall–Kier alpha value is -3.98. The Balaban J connectivity index is 1.35. The Morgan fingerprint density at radius 3 is 2.31 bits per heavy atom. The Bertz CT molecular complexity index is 1140. The lowest BCUT2D eigenvalue weighted by Gasteiger charge is -2.28. The van der Waals surface area contributed by atoms with Gasteiger partial charge >= 0.3 is 0 Å². The highest BCUT2D eigenvalue weighted by Crippen LogP contribution is 2.23. The van der Waals surface area contributed by atoms with E-state index in [1.165, 1.54) is 10.6 Å². The fourth-order valence-corrected chi connectivity index (χ4v) is 3.68. The van der Waals surface area contributed by atoms with Crippen LogP contribution in [-0.2, 0) is 14.3 Å². The lowest BCUT2D eigenvalue weighted by Crippen LogP contribution is -2.36. The van der Waals surface area contributed by atoms with Crippen LogP contribution in [0.2, 0.25) is 0 Å². The molecule has 0 unspecified atom stereocenters. The molecule has 2 heterocycles. The van der Waals surface area contributed by atoms with E-state index in [2.05, 4.69) is 37.6 Å². The molecule has 1 saturated heterocycles. The second kappa shape index (κ2) is 11.4. The Morgan fingerprint density at radius 2 is 1.63 bits per heavy atom. The summed E-state index contributed by atoms with van der Waals surface area (Å²) in [7, 11) is 3.35. The van der Waals surface area contributed by atoms with Crippen LogP contribution in [0.25, 0.3) is 11.3 Å². The maximum absolute atomic E-state index is 12.1. The van der Waals surface area contributed by atoms with E-state index in [1.807, 2.05) is 42.5 Å². The molecule has 1 aliphatic rings. The molecular weight excluding hydrogens is 444 g/mol. The van der Waals surface area contributed by atoms with Crippen molar-refractivity contribution in [1.82, 2.24) is 14.9 Å². The average Bonchev–Trinajstić information content (AvgIpc) is 2.89. The lowest BCUT2D eigenvalue weighted by molar-refractivity contribution is -0.130.